The van der Waals surface area contributed by atoms with Crippen LogP contribution in [0.25, 0.3) is 11.0 Å². The first-order valence-corrected chi connectivity index (χ1v) is 9.48. The van der Waals surface area contributed by atoms with E-state index in [1.54, 1.807) is 4.68 Å². The zero-order chi connectivity index (χ0) is 18.3. The molecule has 8 heteroatoms. The Kier molecular flexibility index (Phi) is 4.52. The first kappa shape index (κ1) is 17.2. The third-order valence-electron chi connectivity index (χ3n) is 5.70. The predicted molar refractivity (Wildman–Crippen MR) is 99.8 cm³/mol. The molecule has 1 aliphatic heterocycles. The minimum Gasteiger partial charge on any atom is -0.352 e. The van der Waals surface area contributed by atoms with Crippen molar-refractivity contribution in [1.82, 2.24) is 24.6 Å². The van der Waals surface area contributed by atoms with Gasteiger partial charge in [-0.25, -0.2) is 9.97 Å². The molecule has 2 aliphatic rings. The van der Waals surface area contributed by atoms with Crippen molar-refractivity contribution < 1.29 is 4.79 Å². The van der Waals surface area contributed by atoms with Gasteiger partial charge in [-0.15, -0.1) is 0 Å². The van der Waals surface area contributed by atoms with Crippen LogP contribution in [0.3, 0.4) is 0 Å². The molecule has 2 aromatic rings. The second-order valence-electron chi connectivity index (χ2n) is 7.52. The molecule has 2 fully saturated rings. The molecule has 1 saturated carbocycles. The molecule has 0 aromatic carbocycles. The van der Waals surface area contributed by atoms with Gasteiger partial charge in [0.1, 0.15) is 11.6 Å². The molecule has 2 aromatic heterocycles. The molecule has 4 rings (SSSR count). The maximum absolute atomic E-state index is 12.8. The van der Waals surface area contributed by atoms with Gasteiger partial charge >= 0.3 is 0 Å². The van der Waals surface area contributed by atoms with E-state index < -0.39 is 0 Å². The lowest BCUT2D eigenvalue weighted by molar-refractivity contribution is -0.136. The van der Waals surface area contributed by atoms with Crippen molar-refractivity contribution >= 4 is 22.8 Å². The van der Waals surface area contributed by atoms with Crippen LogP contribution in [-0.2, 0) is 11.8 Å². The summed E-state index contributed by atoms with van der Waals surface area (Å²) in [6.45, 7) is 4.97. The molecule has 0 atom stereocenters. The van der Waals surface area contributed by atoms with Gasteiger partial charge in [0.15, 0.2) is 5.65 Å². The number of amides is 1. The summed E-state index contributed by atoms with van der Waals surface area (Å²) in [5, 5.41) is 5.29. The number of carbonyl (C=O) groups excluding carboxylic acids is 1. The number of fused-ring (bicyclic) bond motifs is 1. The molecule has 0 unspecified atom stereocenters. The van der Waals surface area contributed by atoms with Gasteiger partial charge in [0.25, 0.3) is 0 Å². The highest BCUT2D eigenvalue weighted by molar-refractivity contribution is 5.87. The van der Waals surface area contributed by atoms with E-state index in [2.05, 4.69) is 20.0 Å². The van der Waals surface area contributed by atoms with Crippen LogP contribution in [0.5, 0.6) is 0 Å². The maximum Gasteiger partial charge on any atom is 0.225 e. The largest absolute Gasteiger partial charge is 0.352 e. The van der Waals surface area contributed by atoms with Gasteiger partial charge in [0.2, 0.25) is 5.91 Å². The van der Waals surface area contributed by atoms with E-state index in [1.807, 2.05) is 25.1 Å². The van der Waals surface area contributed by atoms with Crippen molar-refractivity contribution in [2.24, 2.45) is 18.7 Å². The van der Waals surface area contributed by atoms with E-state index in [0.29, 0.717) is 5.91 Å². The zero-order valence-corrected chi connectivity index (χ0v) is 15.6. The van der Waals surface area contributed by atoms with Crippen LogP contribution in [0.15, 0.2) is 6.20 Å². The van der Waals surface area contributed by atoms with Crippen molar-refractivity contribution in [1.29, 1.82) is 0 Å². The molecule has 8 nitrogen and oxygen atoms in total. The maximum atomic E-state index is 12.8. The highest BCUT2D eigenvalue weighted by Gasteiger charge is 2.31. The molecule has 26 heavy (non-hydrogen) atoms. The highest BCUT2D eigenvalue weighted by Crippen LogP contribution is 2.27. The predicted octanol–water partition coefficient (Wildman–Crippen LogP) is 0.838. The number of anilines is 1. The van der Waals surface area contributed by atoms with Crippen LogP contribution in [0.1, 0.15) is 31.5 Å². The minimum atomic E-state index is 0.160. The molecule has 1 aliphatic carbocycles. The molecular formula is C18H27N7O. The van der Waals surface area contributed by atoms with Crippen molar-refractivity contribution in [2.75, 3.05) is 31.1 Å². The Labute approximate surface area is 153 Å². The fourth-order valence-electron chi connectivity index (χ4n) is 4.12. The van der Waals surface area contributed by atoms with E-state index in [4.69, 9.17) is 5.73 Å². The Morgan fingerprint density at radius 2 is 1.81 bits per heavy atom. The topological polar surface area (TPSA) is 93.2 Å². The number of carbonyl (C=O) groups is 1. The molecular weight excluding hydrogens is 330 g/mol. The molecule has 0 bridgehead atoms. The molecule has 1 saturated heterocycles. The Morgan fingerprint density at radius 1 is 1.12 bits per heavy atom. The lowest BCUT2D eigenvalue weighted by atomic mass is 9.85. The van der Waals surface area contributed by atoms with Gasteiger partial charge in [-0.2, -0.15) is 5.10 Å². The normalized spacial score (nSPS) is 24.3. The van der Waals surface area contributed by atoms with E-state index in [9.17, 15) is 4.79 Å². The number of aromatic nitrogens is 4. The summed E-state index contributed by atoms with van der Waals surface area (Å²) >= 11 is 0. The summed E-state index contributed by atoms with van der Waals surface area (Å²) in [6.07, 6.45) is 5.63. The molecule has 1 amide bonds. The van der Waals surface area contributed by atoms with Gasteiger partial charge in [-0.3, -0.25) is 9.48 Å². The van der Waals surface area contributed by atoms with Crippen LogP contribution in [0.4, 0.5) is 5.82 Å². The van der Waals surface area contributed by atoms with Gasteiger partial charge in [-0.05, 0) is 32.6 Å². The van der Waals surface area contributed by atoms with Crippen LogP contribution in [0, 0.1) is 12.8 Å². The molecule has 3 heterocycles. The van der Waals surface area contributed by atoms with Crippen LogP contribution in [0.2, 0.25) is 0 Å². The Morgan fingerprint density at radius 3 is 2.50 bits per heavy atom. The van der Waals surface area contributed by atoms with Gasteiger partial charge in [0.05, 0.1) is 11.6 Å². The van der Waals surface area contributed by atoms with Crippen molar-refractivity contribution in [3.8, 4) is 0 Å². The quantitative estimate of drug-likeness (QED) is 0.856. The molecule has 2 N–H and O–H groups in total. The lowest BCUT2D eigenvalue weighted by Gasteiger charge is -2.38. The second kappa shape index (κ2) is 6.83. The average Bonchev–Trinajstić information content (AvgIpc) is 3.02. The van der Waals surface area contributed by atoms with Crippen LogP contribution in [-0.4, -0.2) is 62.8 Å². The first-order chi connectivity index (χ1) is 12.5. The standard InChI is InChI=1S/C18H27N7O/c1-12-21-16-15(11-20-23(16)2)17(22-12)24-7-9-25(10-8-24)18(26)13-3-5-14(19)6-4-13/h11,13-14H,3-10,19H2,1-2H3. The van der Waals surface area contributed by atoms with Crippen LogP contribution >= 0.6 is 0 Å². The minimum absolute atomic E-state index is 0.160. The number of nitrogens with two attached hydrogens (primary N) is 1. The summed E-state index contributed by atoms with van der Waals surface area (Å²) in [5.74, 6) is 2.14. The number of aryl methyl sites for hydroxylation is 2. The van der Waals surface area contributed by atoms with Gasteiger partial charge in [0, 0.05) is 45.2 Å². The summed E-state index contributed by atoms with van der Waals surface area (Å²) in [4.78, 5) is 26.2. The van der Waals surface area contributed by atoms with Gasteiger partial charge < -0.3 is 15.5 Å². The second-order valence-corrected chi connectivity index (χ2v) is 7.52. The fourth-order valence-corrected chi connectivity index (χ4v) is 4.12. The molecule has 0 spiro atoms. The summed E-state index contributed by atoms with van der Waals surface area (Å²) < 4.78 is 1.78. The Hall–Kier alpha value is -2.22. The van der Waals surface area contributed by atoms with E-state index in [0.717, 1.165) is 74.5 Å². The van der Waals surface area contributed by atoms with E-state index >= 15 is 0 Å². The third kappa shape index (κ3) is 3.13. The first-order valence-electron chi connectivity index (χ1n) is 9.48. The Bertz CT molecular complexity index is 801. The summed E-state index contributed by atoms with van der Waals surface area (Å²) in [6, 6.07) is 0.277. The number of rotatable bonds is 2. The summed E-state index contributed by atoms with van der Waals surface area (Å²) in [5.41, 5.74) is 6.82. The van der Waals surface area contributed by atoms with E-state index in [1.165, 1.54) is 0 Å². The monoisotopic (exact) mass is 357 g/mol. The van der Waals surface area contributed by atoms with Crippen molar-refractivity contribution in [3.05, 3.63) is 12.0 Å². The number of hydrogen-bond donors (Lipinski definition) is 1. The Balaban J connectivity index is 1.45. The van der Waals surface area contributed by atoms with Crippen molar-refractivity contribution in [3.63, 3.8) is 0 Å². The fraction of sp³-hybridized carbons (Fsp3) is 0.667. The van der Waals surface area contributed by atoms with Crippen LogP contribution < -0.4 is 10.6 Å². The molecule has 0 radical (unpaired) electrons. The SMILES string of the molecule is Cc1nc(N2CCN(C(=O)C3CCC(N)CC3)CC2)c2cnn(C)c2n1. The number of nitrogens with zero attached hydrogens (tertiary/aromatic N) is 6. The lowest BCUT2D eigenvalue weighted by Crippen LogP contribution is -2.51. The third-order valence-corrected chi connectivity index (χ3v) is 5.70. The number of piperazine rings is 1. The smallest absolute Gasteiger partial charge is 0.225 e. The van der Waals surface area contributed by atoms with E-state index in [-0.39, 0.29) is 12.0 Å². The van der Waals surface area contributed by atoms with Crippen molar-refractivity contribution in [2.45, 2.75) is 38.6 Å². The molecule has 140 valence electrons. The average molecular weight is 357 g/mol. The zero-order valence-electron chi connectivity index (χ0n) is 15.6. The summed E-state index contributed by atoms with van der Waals surface area (Å²) in [7, 11) is 1.89. The van der Waals surface area contributed by atoms with Gasteiger partial charge in [-0.1, -0.05) is 0 Å². The highest BCUT2D eigenvalue weighted by atomic mass is 16.2. The number of hydrogen-bond acceptors (Lipinski definition) is 6.